The summed E-state index contributed by atoms with van der Waals surface area (Å²) in [4.78, 5) is 4.83. The molecule has 0 N–H and O–H groups in total. The van der Waals surface area contributed by atoms with Crippen LogP contribution in [0.2, 0.25) is 0 Å². The van der Waals surface area contributed by atoms with E-state index < -0.39 is 0 Å². The number of furan rings is 1. The molecule has 8 aromatic rings. The molecule has 8 rings (SSSR count). The van der Waals surface area contributed by atoms with Crippen LogP contribution in [0.5, 0.6) is 0 Å². The van der Waals surface area contributed by atoms with E-state index >= 15 is 0 Å². The van der Waals surface area contributed by atoms with Crippen molar-refractivity contribution in [2.24, 2.45) is 0 Å². The predicted molar refractivity (Wildman–Crippen MR) is 132 cm³/mol. The SMILES string of the molecule is c1ccc2c(c1)oc1c(-c3cccc4c5cccc6c7ccccc7n(c34)c65)nccc12. The zero-order valence-corrected chi connectivity index (χ0v) is 17.0. The summed E-state index contributed by atoms with van der Waals surface area (Å²) >= 11 is 0. The van der Waals surface area contributed by atoms with Gasteiger partial charge >= 0.3 is 0 Å². The third kappa shape index (κ3) is 1.85. The number of benzene rings is 4. The number of nitrogens with zero attached hydrogens (tertiary/aromatic N) is 2. The van der Waals surface area contributed by atoms with E-state index in [1.165, 1.54) is 38.1 Å². The molecule has 4 aromatic carbocycles. The number of para-hydroxylation sites is 4. The number of fused-ring (bicyclic) bond motifs is 9. The highest BCUT2D eigenvalue weighted by Crippen LogP contribution is 2.43. The standard InChI is InChI=1S/C29H16N2O/c1-3-13-24-17(7-1)19-9-5-10-20-21-11-6-12-23(28(21)31(24)27(19)20)26-29-22(15-16-30-26)18-8-2-4-14-25(18)32-29/h1-16H. The molecular weight excluding hydrogens is 392 g/mol. The van der Waals surface area contributed by atoms with E-state index in [9.17, 15) is 0 Å². The minimum Gasteiger partial charge on any atom is -0.454 e. The van der Waals surface area contributed by atoms with E-state index in [0.29, 0.717) is 0 Å². The highest BCUT2D eigenvalue weighted by molar-refractivity contribution is 6.25. The molecule has 0 atom stereocenters. The lowest BCUT2D eigenvalue weighted by Gasteiger charge is -2.06. The number of rotatable bonds is 1. The topological polar surface area (TPSA) is 30.4 Å². The van der Waals surface area contributed by atoms with Crippen LogP contribution in [0.3, 0.4) is 0 Å². The maximum absolute atomic E-state index is 6.35. The van der Waals surface area contributed by atoms with Crippen LogP contribution in [0.1, 0.15) is 0 Å². The molecule has 0 spiro atoms. The largest absolute Gasteiger partial charge is 0.454 e. The first-order valence-electron chi connectivity index (χ1n) is 10.8. The Balaban J connectivity index is 1.62. The summed E-state index contributed by atoms with van der Waals surface area (Å²) in [6, 6.07) is 32.0. The van der Waals surface area contributed by atoms with Gasteiger partial charge < -0.3 is 8.82 Å². The van der Waals surface area contributed by atoms with E-state index in [1.807, 2.05) is 24.4 Å². The molecule has 148 valence electrons. The minimum atomic E-state index is 0.839. The van der Waals surface area contributed by atoms with Gasteiger partial charge in [-0.1, -0.05) is 72.8 Å². The lowest BCUT2D eigenvalue weighted by atomic mass is 10.0. The molecular formula is C29H16N2O. The van der Waals surface area contributed by atoms with Crippen LogP contribution < -0.4 is 0 Å². The van der Waals surface area contributed by atoms with Gasteiger partial charge in [0.1, 0.15) is 11.3 Å². The Morgan fingerprint density at radius 1 is 0.562 bits per heavy atom. The molecule has 0 radical (unpaired) electrons. The quantitative estimate of drug-likeness (QED) is 0.277. The first-order chi connectivity index (χ1) is 15.9. The van der Waals surface area contributed by atoms with Gasteiger partial charge in [-0.05, 0) is 18.2 Å². The molecule has 0 saturated heterocycles. The Hall–Kier alpha value is -4.37. The van der Waals surface area contributed by atoms with Gasteiger partial charge in [0.05, 0.1) is 16.6 Å². The van der Waals surface area contributed by atoms with Crippen LogP contribution in [0.25, 0.3) is 71.3 Å². The summed E-state index contributed by atoms with van der Waals surface area (Å²) < 4.78 is 8.76. The lowest BCUT2D eigenvalue weighted by molar-refractivity contribution is 0.668. The van der Waals surface area contributed by atoms with E-state index in [2.05, 4.69) is 77.2 Å². The average Bonchev–Trinajstić information content (AvgIpc) is 3.50. The van der Waals surface area contributed by atoms with Crippen LogP contribution in [-0.2, 0) is 0 Å². The second-order valence-electron chi connectivity index (χ2n) is 8.39. The van der Waals surface area contributed by atoms with Gasteiger partial charge in [0.15, 0.2) is 5.58 Å². The van der Waals surface area contributed by atoms with Gasteiger partial charge in [-0.25, -0.2) is 0 Å². The smallest absolute Gasteiger partial charge is 0.161 e. The van der Waals surface area contributed by atoms with E-state index in [-0.39, 0.29) is 0 Å². The second-order valence-corrected chi connectivity index (χ2v) is 8.39. The molecule has 0 bridgehead atoms. The molecule has 0 amide bonds. The Morgan fingerprint density at radius 3 is 2.16 bits per heavy atom. The molecule has 0 fully saturated rings. The normalized spacial score (nSPS) is 12.4. The predicted octanol–water partition coefficient (Wildman–Crippen LogP) is 7.80. The third-order valence-corrected chi connectivity index (χ3v) is 6.79. The van der Waals surface area contributed by atoms with Crippen LogP contribution in [0, 0.1) is 0 Å². The molecule has 0 saturated carbocycles. The van der Waals surface area contributed by atoms with Crippen LogP contribution in [-0.4, -0.2) is 9.38 Å². The first kappa shape index (κ1) is 16.3. The molecule has 32 heavy (non-hydrogen) atoms. The Labute approximate surface area is 182 Å². The van der Waals surface area contributed by atoms with Crippen LogP contribution in [0.4, 0.5) is 0 Å². The summed E-state index contributed by atoms with van der Waals surface area (Å²) in [7, 11) is 0. The fourth-order valence-corrected chi connectivity index (χ4v) is 5.50. The average molecular weight is 408 g/mol. The van der Waals surface area contributed by atoms with E-state index in [0.717, 1.165) is 33.2 Å². The molecule has 0 aliphatic carbocycles. The van der Waals surface area contributed by atoms with Crippen molar-refractivity contribution in [2.45, 2.75) is 0 Å². The Bertz CT molecular complexity index is 1990. The first-order valence-corrected chi connectivity index (χ1v) is 10.8. The summed E-state index contributed by atoms with van der Waals surface area (Å²) in [5.74, 6) is 0. The van der Waals surface area contributed by atoms with Crippen molar-refractivity contribution in [3.05, 3.63) is 97.2 Å². The number of pyridine rings is 1. The fraction of sp³-hybridized carbons (Fsp3) is 0. The van der Waals surface area contributed by atoms with Gasteiger partial charge in [-0.2, -0.15) is 0 Å². The zero-order chi connectivity index (χ0) is 20.8. The van der Waals surface area contributed by atoms with Crippen molar-refractivity contribution in [1.82, 2.24) is 9.38 Å². The maximum atomic E-state index is 6.35. The van der Waals surface area contributed by atoms with Crippen molar-refractivity contribution >= 4 is 60.0 Å². The minimum absolute atomic E-state index is 0.839. The zero-order valence-electron chi connectivity index (χ0n) is 17.0. The fourth-order valence-electron chi connectivity index (χ4n) is 5.50. The highest BCUT2D eigenvalue weighted by atomic mass is 16.3. The second kappa shape index (κ2) is 5.65. The number of hydrogen-bond donors (Lipinski definition) is 0. The number of aromatic nitrogens is 2. The van der Waals surface area contributed by atoms with E-state index in [1.54, 1.807) is 0 Å². The van der Waals surface area contributed by atoms with Crippen molar-refractivity contribution in [2.75, 3.05) is 0 Å². The molecule has 0 unspecified atom stereocenters. The van der Waals surface area contributed by atoms with Gasteiger partial charge in [0.25, 0.3) is 0 Å². The third-order valence-electron chi connectivity index (χ3n) is 6.79. The summed E-state index contributed by atoms with van der Waals surface area (Å²) in [5, 5.41) is 7.29. The summed E-state index contributed by atoms with van der Waals surface area (Å²) in [5.41, 5.74) is 7.37. The monoisotopic (exact) mass is 408 g/mol. The van der Waals surface area contributed by atoms with Gasteiger partial charge in [-0.15, -0.1) is 0 Å². The van der Waals surface area contributed by atoms with Crippen molar-refractivity contribution in [1.29, 1.82) is 0 Å². The van der Waals surface area contributed by atoms with E-state index in [4.69, 9.17) is 9.40 Å². The van der Waals surface area contributed by atoms with Crippen LogP contribution >= 0.6 is 0 Å². The molecule has 4 heterocycles. The molecule has 3 heteroatoms. The van der Waals surface area contributed by atoms with Crippen molar-refractivity contribution in [3.63, 3.8) is 0 Å². The maximum Gasteiger partial charge on any atom is 0.161 e. The molecule has 0 aliphatic heterocycles. The van der Waals surface area contributed by atoms with Crippen LogP contribution in [0.15, 0.2) is 102 Å². The van der Waals surface area contributed by atoms with Gasteiger partial charge in [-0.3, -0.25) is 4.98 Å². The number of hydrogen-bond acceptors (Lipinski definition) is 2. The molecule has 3 nitrogen and oxygen atoms in total. The van der Waals surface area contributed by atoms with Gasteiger partial charge in [0.2, 0.25) is 0 Å². The van der Waals surface area contributed by atoms with Crippen molar-refractivity contribution in [3.8, 4) is 11.3 Å². The van der Waals surface area contributed by atoms with Gasteiger partial charge in [0, 0.05) is 44.1 Å². The molecule has 0 aliphatic rings. The summed E-state index contributed by atoms with van der Waals surface area (Å²) in [6.07, 6.45) is 1.89. The summed E-state index contributed by atoms with van der Waals surface area (Å²) in [6.45, 7) is 0. The highest BCUT2D eigenvalue weighted by Gasteiger charge is 2.21. The Morgan fingerprint density at radius 2 is 1.25 bits per heavy atom. The Kier molecular flexibility index (Phi) is 2.89. The lowest BCUT2D eigenvalue weighted by Crippen LogP contribution is -1.89. The van der Waals surface area contributed by atoms with Crippen molar-refractivity contribution < 1.29 is 4.42 Å². The molecule has 4 aromatic heterocycles.